The maximum Gasteiger partial charge on any atom is 0.308 e. The quantitative estimate of drug-likeness (QED) is 0.793. The van der Waals surface area contributed by atoms with Gasteiger partial charge in [0.05, 0.1) is 7.11 Å². The number of hydrogen-bond donors (Lipinski definition) is 1. The second-order valence-electron chi connectivity index (χ2n) is 4.61. The molecule has 0 aliphatic heterocycles. The molecule has 0 radical (unpaired) electrons. The minimum Gasteiger partial charge on any atom is -0.497 e. The molecule has 0 atom stereocenters. The van der Waals surface area contributed by atoms with E-state index in [1.165, 1.54) is 0 Å². The molecule has 0 saturated heterocycles. The van der Waals surface area contributed by atoms with Crippen LogP contribution in [0.1, 0.15) is 36.9 Å². The van der Waals surface area contributed by atoms with Gasteiger partial charge in [-0.25, -0.2) is 0 Å². The molecule has 1 N–H and O–H groups in total. The maximum atomic E-state index is 11.8. The van der Waals surface area contributed by atoms with Crippen LogP contribution >= 0.6 is 0 Å². The summed E-state index contributed by atoms with van der Waals surface area (Å²) in [4.78, 5) is 11.8. The highest BCUT2D eigenvalue weighted by Crippen LogP contribution is 2.22. The fraction of sp³-hybridized carbons (Fsp3) is 0.400. The van der Waals surface area contributed by atoms with E-state index in [2.05, 4.69) is 22.4 Å². The van der Waals surface area contributed by atoms with Crippen molar-refractivity contribution in [3.05, 3.63) is 30.2 Å². The summed E-state index contributed by atoms with van der Waals surface area (Å²) in [5.74, 6) is 0.626. The van der Waals surface area contributed by atoms with Crippen LogP contribution in [0.5, 0.6) is 5.75 Å². The third kappa shape index (κ3) is 4.05. The lowest BCUT2D eigenvalue weighted by atomic mass is 10.2. The molecule has 0 saturated carbocycles. The first-order valence-corrected chi connectivity index (χ1v) is 7.00. The molecule has 21 heavy (non-hydrogen) atoms. The molecular weight excluding hydrogens is 270 g/mol. The molecule has 1 amide bonds. The molecule has 1 heterocycles. The summed E-state index contributed by atoms with van der Waals surface area (Å²) in [5.41, 5.74) is 0.715. The van der Waals surface area contributed by atoms with Gasteiger partial charge in [-0.15, -0.1) is 10.2 Å². The van der Waals surface area contributed by atoms with Crippen LogP contribution in [0.3, 0.4) is 0 Å². The molecule has 0 spiro atoms. The highest BCUT2D eigenvalue weighted by atomic mass is 16.5. The van der Waals surface area contributed by atoms with E-state index in [1.807, 2.05) is 18.2 Å². The van der Waals surface area contributed by atoms with Crippen LogP contribution in [0.15, 0.2) is 28.7 Å². The number of carbonyl (C=O) groups excluding carboxylic acids is 1. The number of unbranched alkanes of at least 4 members (excludes halogenated alkanes) is 2. The van der Waals surface area contributed by atoms with Gasteiger partial charge in [-0.05, 0) is 24.6 Å². The summed E-state index contributed by atoms with van der Waals surface area (Å²) in [7, 11) is 1.59. The van der Waals surface area contributed by atoms with Crippen molar-refractivity contribution < 1.29 is 13.9 Å². The van der Waals surface area contributed by atoms with Gasteiger partial charge in [0.1, 0.15) is 5.75 Å². The lowest BCUT2D eigenvalue weighted by molar-refractivity contribution is 0.0919. The van der Waals surface area contributed by atoms with E-state index >= 15 is 0 Å². The minimum absolute atomic E-state index is 0.0238. The Morgan fingerprint density at radius 3 is 2.95 bits per heavy atom. The third-order valence-electron chi connectivity index (χ3n) is 3.00. The summed E-state index contributed by atoms with van der Waals surface area (Å²) in [6, 6.07) is 7.24. The van der Waals surface area contributed by atoms with Gasteiger partial charge in [-0.2, -0.15) is 0 Å². The number of nitrogens with zero attached hydrogens (tertiary/aromatic N) is 2. The zero-order chi connectivity index (χ0) is 15.1. The fourth-order valence-corrected chi connectivity index (χ4v) is 1.84. The summed E-state index contributed by atoms with van der Waals surface area (Å²) >= 11 is 0. The number of nitrogens with one attached hydrogen (secondary N) is 1. The van der Waals surface area contributed by atoms with Crippen molar-refractivity contribution in [1.29, 1.82) is 0 Å². The Balaban J connectivity index is 2.01. The molecule has 6 nitrogen and oxygen atoms in total. The van der Waals surface area contributed by atoms with Gasteiger partial charge in [0.2, 0.25) is 5.89 Å². The number of rotatable bonds is 7. The van der Waals surface area contributed by atoms with Crippen molar-refractivity contribution in [2.75, 3.05) is 13.7 Å². The average molecular weight is 289 g/mol. The monoisotopic (exact) mass is 289 g/mol. The molecule has 1 aromatic heterocycles. The summed E-state index contributed by atoms with van der Waals surface area (Å²) in [6.07, 6.45) is 3.13. The predicted molar refractivity (Wildman–Crippen MR) is 78.1 cm³/mol. The summed E-state index contributed by atoms with van der Waals surface area (Å²) in [5, 5.41) is 10.4. The van der Waals surface area contributed by atoms with Gasteiger partial charge in [0, 0.05) is 12.1 Å². The zero-order valence-corrected chi connectivity index (χ0v) is 12.3. The first kappa shape index (κ1) is 15.0. The highest BCUT2D eigenvalue weighted by molar-refractivity contribution is 5.89. The second-order valence-corrected chi connectivity index (χ2v) is 4.61. The number of carbonyl (C=O) groups is 1. The van der Waals surface area contributed by atoms with E-state index < -0.39 is 0 Å². The van der Waals surface area contributed by atoms with Crippen LogP contribution < -0.4 is 10.1 Å². The van der Waals surface area contributed by atoms with E-state index in [1.54, 1.807) is 13.2 Å². The van der Waals surface area contributed by atoms with Crippen LogP contribution in [-0.2, 0) is 0 Å². The molecule has 0 bridgehead atoms. The lowest BCUT2D eigenvalue weighted by Crippen LogP contribution is -2.24. The Kier molecular flexibility index (Phi) is 5.31. The summed E-state index contributed by atoms with van der Waals surface area (Å²) in [6.45, 7) is 2.73. The van der Waals surface area contributed by atoms with E-state index in [0.29, 0.717) is 23.7 Å². The summed E-state index contributed by atoms with van der Waals surface area (Å²) < 4.78 is 10.5. The van der Waals surface area contributed by atoms with Crippen LogP contribution in [0.4, 0.5) is 0 Å². The first-order chi connectivity index (χ1) is 10.2. The molecule has 2 aromatic rings. The van der Waals surface area contributed by atoms with Gasteiger partial charge in [-0.3, -0.25) is 4.79 Å². The van der Waals surface area contributed by atoms with E-state index in [4.69, 9.17) is 9.15 Å². The van der Waals surface area contributed by atoms with Crippen LogP contribution in [0.25, 0.3) is 11.5 Å². The Bertz CT molecular complexity index is 595. The number of methoxy groups -OCH3 is 1. The van der Waals surface area contributed by atoms with Gasteiger partial charge in [-0.1, -0.05) is 25.8 Å². The number of hydrogen-bond acceptors (Lipinski definition) is 5. The van der Waals surface area contributed by atoms with Gasteiger partial charge in [0.25, 0.3) is 0 Å². The van der Waals surface area contributed by atoms with Gasteiger partial charge in [0.15, 0.2) is 0 Å². The largest absolute Gasteiger partial charge is 0.497 e. The lowest BCUT2D eigenvalue weighted by Gasteiger charge is -2.01. The Morgan fingerprint density at radius 2 is 2.19 bits per heavy atom. The molecular formula is C15H19N3O3. The van der Waals surface area contributed by atoms with E-state index in [0.717, 1.165) is 19.3 Å². The third-order valence-corrected chi connectivity index (χ3v) is 3.00. The number of benzene rings is 1. The standard InChI is InChI=1S/C15H19N3O3/c1-3-4-5-9-16-13(19)15-18-17-14(21-15)11-7-6-8-12(10-11)20-2/h6-8,10H,3-5,9H2,1-2H3,(H,16,19). The first-order valence-electron chi connectivity index (χ1n) is 7.00. The van der Waals surface area contributed by atoms with Crippen molar-refractivity contribution >= 4 is 5.91 Å². The van der Waals surface area contributed by atoms with Crippen LogP contribution in [-0.4, -0.2) is 29.8 Å². The molecule has 0 aliphatic rings. The molecule has 0 unspecified atom stereocenters. The Morgan fingerprint density at radius 1 is 1.33 bits per heavy atom. The van der Waals surface area contributed by atoms with Crippen molar-refractivity contribution in [2.24, 2.45) is 0 Å². The van der Waals surface area contributed by atoms with E-state index in [9.17, 15) is 4.79 Å². The van der Waals surface area contributed by atoms with E-state index in [-0.39, 0.29) is 11.8 Å². The van der Waals surface area contributed by atoms with Gasteiger partial charge < -0.3 is 14.5 Å². The number of amides is 1. The van der Waals surface area contributed by atoms with Crippen LogP contribution in [0.2, 0.25) is 0 Å². The SMILES string of the molecule is CCCCCNC(=O)c1nnc(-c2cccc(OC)c2)o1. The minimum atomic E-state index is -0.340. The fourth-order valence-electron chi connectivity index (χ4n) is 1.84. The Labute approximate surface area is 123 Å². The smallest absolute Gasteiger partial charge is 0.308 e. The number of aromatic nitrogens is 2. The molecule has 0 fully saturated rings. The van der Waals surface area contributed by atoms with Crippen LogP contribution in [0, 0.1) is 0 Å². The maximum absolute atomic E-state index is 11.8. The van der Waals surface area contributed by atoms with Crippen molar-refractivity contribution in [1.82, 2.24) is 15.5 Å². The van der Waals surface area contributed by atoms with Crippen molar-refractivity contribution in [3.63, 3.8) is 0 Å². The second kappa shape index (κ2) is 7.42. The zero-order valence-electron chi connectivity index (χ0n) is 12.3. The highest BCUT2D eigenvalue weighted by Gasteiger charge is 2.15. The normalized spacial score (nSPS) is 10.4. The van der Waals surface area contributed by atoms with Crippen molar-refractivity contribution in [2.45, 2.75) is 26.2 Å². The Hall–Kier alpha value is -2.37. The average Bonchev–Trinajstić information content (AvgIpc) is 3.01. The molecule has 6 heteroatoms. The molecule has 1 aromatic carbocycles. The number of ether oxygens (including phenoxy) is 1. The predicted octanol–water partition coefficient (Wildman–Crippen LogP) is 2.67. The molecule has 2 rings (SSSR count). The molecule has 112 valence electrons. The molecule has 0 aliphatic carbocycles. The van der Waals surface area contributed by atoms with Crippen molar-refractivity contribution in [3.8, 4) is 17.2 Å². The topological polar surface area (TPSA) is 77.2 Å². The van der Waals surface area contributed by atoms with Gasteiger partial charge >= 0.3 is 11.8 Å².